The summed E-state index contributed by atoms with van der Waals surface area (Å²) in [5.74, 6) is 0.531. The Kier molecular flexibility index (Phi) is 7.05. The first-order chi connectivity index (χ1) is 18.1. The van der Waals surface area contributed by atoms with Crippen molar-refractivity contribution >= 4 is 29.4 Å². The first kappa shape index (κ1) is 26.0. The number of amides is 1. The molecule has 0 spiro atoms. The lowest BCUT2D eigenvalue weighted by atomic mass is 9.79. The van der Waals surface area contributed by atoms with Crippen LogP contribution in [0.15, 0.2) is 79.0 Å². The highest BCUT2D eigenvalue weighted by Gasteiger charge is 2.51. The summed E-state index contributed by atoms with van der Waals surface area (Å²) in [6, 6.07) is 23.5. The number of carbonyl (C=O) groups excluding carboxylic acids is 1. The van der Waals surface area contributed by atoms with E-state index in [0.29, 0.717) is 12.1 Å². The van der Waals surface area contributed by atoms with E-state index in [1.165, 1.54) is 0 Å². The van der Waals surface area contributed by atoms with E-state index in [4.69, 9.17) is 18.9 Å². The third-order valence-corrected chi connectivity index (χ3v) is 7.46. The van der Waals surface area contributed by atoms with E-state index in [2.05, 4.69) is 10.0 Å². The molecular weight excluding hydrogens is 479 g/mol. The van der Waals surface area contributed by atoms with Crippen molar-refractivity contribution in [2.24, 2.45) is 0 Å². The van der Waals surface area contributed by atoms with Crippen molar-refractivity contribution in [3.05, 3.63) is 95.7 Å². The second-order valence-corrected chi connectivity index (χ2v) is 10.6. The van der Waals surface area contributed by atoms with Crippen LogP contribution < -0.4 is 15.7 Å². The van der Waals surface area contributed by atoms with E-state index < -0.39 is 7.12 Å². The van der Waals surface area contributed by atoms with Crippen molar-refractivity contribution in [2.75, 3.05) is 7.11 Å². The summed E-state index contributed by atoms with van der Waals surface area (Å²) in [6.45, 7) is 9.08. The fourth-order valence-corrected chi connectivity index (χ4v) is 4.38. The SMILES string of the molecule is COc1ccc(Cn2ccc3ccc(C(=O)NOCc4ccc(B5OC(C)(C)C(C)(C)O5)cc4)cc32)cc1. The molecule has 1 amide bonds. The normalized spacial score (nSPS) is 16.1. The topological polar surface area (TPSA) is 71.0 Å². The molecule has 7 nitrogen and oxygen atoms in total. The van der Waals surface area contributed by atoms with E-state index in [9.17, 15) is 4.79 Å². The van der Waals surface area contributed by atoms with Gasteiger partial charge in [-0.1, -0.05) is 42.5 Å². The van der Waals surface area contributed by atoms with Gasteiger partial charge in [0.1, 0.15) is 5.75 Å². The molecule has 0 radical (unpaired) electrons. The molecule has 1 saturated heterocycles. The van der Waals surface area contributed by atoms with E-state index in [-0.39, 0.29) is 23.7 Å². The van der Waals surface area contributed by atoms with Crippen LogP contribution in [0.1, 0.15) is 49.2 Å². The van der Waals surface area contributed by atoms with Crippen molar-refractivity contribution in [1.82, 2.24) is 10.0 Å². The monoisotopic (exact) mass is 512 g/mol. The molecular formula is C30H33BN2O5. The van der Waals surface area contributed by atoms with Gasteiger partial charge in [-0.15, -0.1) is 0 Å². The fourth-order valence-electron chi connectivity index (χ4n) is 4.38. The van der Waals surface area contributed by atoms with Crippen LogP contribution in [0, 0.1) is 0 Å². The summed E-state index contributed by atoms with van der Waals surface area (Å²) in [5.41, 5.74) is 6.32. The zero-order valence-electron chi connectivity index (χ0n) is 22.5. The molecule has 5 rings (SSSR count). The summed E-state index contributed by atoms with van der Waals surface area (Å²) >= 11 is 0. The molecule has 0 bridgehead atoms. The molecule has 3 aromatic carbocycles. The minimum Gasteiger partial charge on any atom is -0.497 e. The van der Waals surface area contributed by atoms with Crippen molar-refractivity contribution in [2.45, 2.75) is 52.0 Å². The van der Waals surface area contributed by atoms with Gasteiger partial charge in [0.2, 0.25) is 0 Å². The second kappa shape index (κ2) is 10.3. The molecule has 0 saturated carbocycles. The highest BCUT2D eigenvalue weighted by atomic mass is 16.7. The standard InChI is InChI=1S/C30H33BN2O5/c1-29(2)30(3,4)38-31(37-29)25-12-6-22(7-13-25)20-36-32-28(34)24-11-10-23-16-17-33(27(23)18-24)19-21-8-14-26(35-5)15-9-21/h6-18H,19-20H2,1-5H3,(H,32,34). The molecule has 4 aromatic rings. The molecule has 1 aliphatic rings. The lowest BCUT2D eigenvalue weighted by molar-refractivity contribution is 0.00578. The van der Waals surface area contributed by atoms with Gasteiger partial charge in [0.25, 0.3) is 5.91 Å². The number of hydrogen-bond donors (Lipinski definition) is 1. The van der Waals surface area contributed by atoms with Crippen LogP contribution in [-0.4, -0.2) is 35.9 Å². The minimum absolute atomic E-state index is 0.242. The predicted molar refractivity (Wildman–Crippen MR) is 148 cm³/mol. The number of benzene rings is 3. The largest absolute Gasteiger partial charge is 0.497 e. The van der Waals surface area contributed by atoms with Gasteiger partial charge in [-0.3, -0.25) is 9.63 Å². The Bertz CT molecular complexity index is 1410. The highest BCUT2D eigenvalue weighted by molar-refractivity contribution is 6.62. The summed E-state index contributed by atoms with van der Waals surface area (Å²) in [4.78, 5) is 18.3. The van der Waals surface area contributed by atoms with Gasteiger partial charge in [0, 0.05) is 23.8 Å². The number of hydroxylamine groups is 1. The van der Waals surface area contributed by atoms with Crippen LogP contribution in [0.3, 0.4) is 0 Å². The van der Waals surface area contributed by atoms with E-state index in [1.54, 1.807) is 13.2 Å². The van der Waals surface area contributed by atoms with E-state index >= 15 is 0 Å². The van der Waals surface area contributed by atoms with Crippen molar-refractivity contribution in [3.63, 3.8) is 0 Å². The Hall–Kier alpha value is -3.59. The Morgan fingerprint density at radius 2 is 1.55 bits per heavy atom. The summed E-state index contributed by atoms with van der Waals surface area (Å²) in [6.07, 6.45) is 2.03. The molecule has 0 atom stereocenters. The van der Waals surface area contributed by atoms with Gasteiger partial charge < -0.3 is 18.6 Å². The molecule has 196 valence electrons. The zero-order chi connectivity index (χ0) is 26.9. The number of nitrogens with zero attached hydrogens (tertiary/aromatic N) is 1. The molecule has 1 N–H and O–H groups in total. The summed E-state index contributed by atoms with van der Waals surface area (Å²) < 4.78 is 19.6. The predicted octanol–water partition coefficient (Wildman–Crippen LogP) is 4.86. The Balaban J connectivity index is 1.18. The maximum atomic E-state index is 12.8. The number of methoxy groups -OCH3 is 1. The number of ether oxygens (including phenoxy) is 1. The Morgan fingerprint density at radius 3 is 2.21 bits per heavy atom. The van der Waals surface area contributed by atoms with Crippen LogP contribution in [0.25, 0.3) is 10.9 Å². The minimum atomic E-state index is -0.409. The molecule has 1 fully saturated rings. The number of rotatable bonds is 8. The second-order valence-electron chi connectivity index (χ2n) is 10.6. The van der Waals surface area contributed by atoms with Gasteiger partial charge in [-0.25, -0.2) is 5.48 Å². The van der Waals surface area contributed by atoms with Crippen LogP contribution in [-0.2, 0) is 27.3 Å². The van der Waals surface area contributed by atoms with Gasteiger partial charge in [0.05, 0.1) is 24.9 Å². The molecule has 8 heteroatoms. The van der Waals surface area contributed by atoms with Gasteiger partial charge in [-0.05, 0) is 80.0 Å². The first-order valence-electron chi connectivity index (χ1n) is 12.7. The molecule has 1 aromatic heterocycles. The van der Waals surface area contributed by atoms with Crippen LogP contribution in [0.2, 0.25) is 0 Å². The van der Waals surface area contributed by atoms with Gasteiger partial charge in [-0.2, -0.15) is 0 Å². The third kappa shape index (κ3) is 5.34. The molecule has 2 heterocycles. The average Bonchev–Trinajstić information content (AvgIpc) is 3.40. The number of hydrogen-bond acceptors (Lipinski definition) is 5. The molecule has 38 heavy (non-hydrogen) atoms. The van der Waals surface area contributed by atoms with Crippen molar-refractivity contribution in [1.29, 1.82) is 0 Å². The number of aromatic nitrogens is 1. The average molecular weight is 512 g/mol. The number of carbonyl (C=O) groups is 1. The quantitative estimate of drug-likeness (QED) is 0.270. The smallest absolute Gasteiger partial charge is 0.494 e. The third-order valence-electron chi connectivity index (χ3n) is 7.46. The van der Waals surface area contributed by atoms with E-state index in [0.717, 1.165) is 33.2 Å². The first-order valence-corrected chi connectivity index (χ1v) is 12.7. The van der Waals surface area contributed by atoms with Crippen LogP contribution >= 0.6 is 0 Å². The highest BCUT2D eigenvalue weighted by Crippen LogP contribution is 2.36. The van der Waals surface area contributed by atoms with Gasteiger partial charge >= 0.3 is 7.12 Å². The fraction of sp³-hybridized carbons (Fsp3) is 0.300. The Morgan fingerprint density at radius 1 is 0.895 bits per heavy atom. The van der Waals surface area contributed by atoms with Crippen molar-refractivity contribution in [3.8, 4) is 5.75 Å². The van der Waals surface area contributed by atoms with Crippen molar-refractivity contribution < 1.29 is 23.7 Å². The summed E-state index contributed by atoms with van der Waals surface area (Å²) in [7, 11) is 1.25. The molecule has 1 aliphatic heterocycles. The zero-order valence-corrected chi connectivity index (χ0v) is 22.5. The van der Waals surface area contributed by atoms with Crippen LogP contribution in [0.5, 0.6) is 5.75 Å². The lowest BCUT2D eigenvalue weighted by Crippen LogP contribution is -2.41. The van der Waals surface area contributed by atoms with E-state index in [1.807, 2.05) is 101 Å². The number of fused-ring (bicyclic) bond motifs is 1. The summed E-state index contributed by atoms with van der Waals surface area (Å²) in [5, 5.41) is 1.07. The van der Waals surface area contributed by atoms with Crippen LogP contribution in [0.4, 0.5) is 0 Å². The lowest BCUT2D eigenvalue weighted by Gasteiger charge is -2.32. The Labute approximate surface area is 223 Å². The van der Waals surface area contributed by atoms with Gasteiger partial charge in [0.15, 0.2) is 0 Å². The maximum Gasteiger partial charge on any atom is 0.494 e. The molecule has 0 unspecified atom stereocenters. The number of nitrogens with one attached hydrogen (secondary N) is 1. The molecule has 0 aliphatic carbocycles. The maximum absolute atomic E-state index is 12.8.